The van der Waals surface area contributed by atoms with E-state index in [-0.39, 0.29) is 0 Å². The summed E-state index contributed by atoms with van der Waals surface area (Å²) < 4.78 is 127. The van der Waals surface area contributed by atoms with Gasteiger partial charge >= 0.3 is 24.5 Å². The molecule has 0 radical (unpaired) electrons. The van der Waals surface area contributed by atoms with Gasteiger partial charge in [-0.15, -0.1) is 5.01 Å². The van der Waals surface area contributed by atoms with E-state index >= 15 is 0 Å². The minimum Gasteiger partial charge on any atom is -0.447 e. The van der Waals surface area contributed by atoms with Gasteiger partial charge in [-0.05, 0) is 25.0 Å². The van der Waals surface area contributed by atoms with E-state index in [0.717, 1.165) is 0 Å². The molecular formula is C21H16Cl2F9N5O2. The fourth-order valence-corrected chi connectivity index (χ4v) is 5.05. The Bertz CT molecular complexity index is 1240. The number of anilines is 1. The highest BCUT2D eigenvalue weighted by molar-refractivity contribution is 6.39. The van der Waals surface area contributed by atoms with Crippen LogP contribution in [-0.4, -0.2) is 47.8 Å². The molecule has 7 nitrogen and oxygen atoms in total. The van der Waals surface area contributed by atoms with Crippen molar-refractivity contribution < 1.29 is 49.0 Å². The normalized spacial score (nSPS) is 21.3. The molecule has 0 amide bonds. The first-order chi connectivity index (χ1) is 17.9. The first kappa shape index (κ1) is 29.3. The number of hydrazine groups is 1. The monoisotopic (exact) mass is 611 g/mol. The molecule has 3 aliphatic rings. The lowest BCUT2D eigenvalue weighted by Crippen LogP contribution is -2.48. The van der Waals surface area contributed by atoms with Crippen molar-refractivity contribution in [2.75, 3.05) is 11.7 Å². The van der Waals surface area contributed by atoms with Crippen LogP contribution in [0.15, 0.2) is 33.5 Å². The van der Waals surface area contributed by atoms with Crippen LogP contribution in [0.2, 0.25) is 10.0 Å². The predicted octanol–water partition coefficient (Wildman–Crippen LogP) is 6.21. The van der Waals surface area contributed by atoms with Gasteiger partial charge in [0.2, 0.25) is 5.84 Å². The van der Waals surface area contributed by atoms with Crippen LogP contribution in [0.1, 0.15) is 31.2 Å². The number of nitrogens with zero attached hydrogens (tertiary/aromatic N) is 4. The summed E-state index contributed by atoms with van der Waals surface area (Å²) in [6.07, 6.45) is -15.7. The van der Waals surface area contributed by atoms with E-state index in [9.17, 15) is 44.3 Å². The molecule has 39 heavy (non-hydrogen) atoms. The molecule has 1 unspecified atom stereocenters. The topological polar surface area (TPSA) is 83.5 Å². The summed E-state index contributed by atoms with van der Waals surface area (Å²) in [6, 6.07) is 0.795. The Labute approximate surface area is 223 Å². The molecule has 1 aliphatic carbocycles. The molecule has 2 aliphatic heterocycles. The number of aliphatic imine (C=N–C) groups is 2. The predicted molar refractivity (Wildman–Crippen MR) is 121 cm³/mol. The van der Waals surface area contributed by atoms with E-state index in [4.69, 9.17) is 33.7 Å². The van der Waals surface area contributed by atoms with Crippen molar-refractivity contribution in [3.8, 4) is 0 Å². The third kappa shape index (κ3) is 5.63. The average molecular weight is 612 g/mol. The maximum atomic E-state index is 13.9. The van der Waals surface area contributed by atoms with Crippen LogP contribution in [0.5, 0.6) is 0 Å². The fourth-order valence-electron chi connectivity index (χ4n) is 4.40. The second kappa shape index (κ2) is 10.0. The molecule has 1 atom stereocenters. The van der Waals surface area contributed by atoms with Gasteiger partial charge < -0.3 is 10.5 Å². The standard InChI is InChI=1S/C21H16Cl2F9N5O2/c22-10-5-9(19(24,25)26)6-11(23)13(10)37-15(33)12-14(20(27,28)29)34-18(21(30,31)32)35-16(12)36(37)7-39-17(38)8-3-1-2-4-8/h5-6,8,16H,1-4,7,33H2. The van der Waals surface area contributed by atoms with Gasteiger partial charge in [-0.25, -0.2) is 9.98 Å². The Morgan fingerprint density at radius 1 is 0.974 bits per heavy atom. The zero-order chi connectivity index (χ0) is 29.1. The molecule has 18 heteroatoms. The molecule has 1 aromatic rings. The summed E-state index contributed by atoms with van der Waals surface area (Å²) in [6.45, 7) is -1.00. The molecule has 4 rings (SSSR count). The van der Waals surface area contributed by atoms with Crippen molar-refractivity contribution in [1.82, 2.24) is 5.01 Å². The van der Waals surface area contributed by atoms with Crippen LogP contribution in [0.25, 0.3) is 0 Å². The Morgan fingerprint density at radius 3 is 2.03 bits per heavy atom. The zero-order valence-electron chi connectivity index (χ0n) is 19.2. The molecular weight excluding hydrogens is 596 g/mol. The Hall–Kier alpha value is -2.72. The third-order valence-corrected chi connectivity index (χ3v) is 6.70. The van der Waals surface area contributed by atoms with Gasteiger partial charge in [0.15, 0.2) is 18.6 Å². The minimum atomic E-state index is -5.47. The van der Waals surface area contributed by atoms with E-state index in [2.05, 4.69) is 9.98 Å². The first-order valence-corrected chi connectivity index (χ1v) is 11.8. The summed E-state index contributed by atoms with van der Waals surface area (Å²) in [5, 5.41) is -0.426. The Balaban J connectivity index is 1.86. The number of carbonyl (C=O) groups is 1. The fraction of sp³-hybridized carbons (Fsp3) is 0.476. The number of halogens is 11. The number of benzene rings is 1. The second-order valence-corrected chi connectivity index (χ2v) is 9.51. The maximum Gasteiger partial charge on any atom is 0.451 e. The maximum absolute atomic E-state index is 13.9. The Morgan fingerprint density at radius 2 is 1.54 bits per heavy atom. The highest BCUT2D eigenvalue weighted by Crippen LogP contribution is 2.46. The average Bonchev–Trinajstić information content (AvgIpc) is 3.42. The van der Waals surface area contributed by atoms with Crippen molar-refractivity contribution in [2.45, 2.75) is 50.4 Å². The third-order valence-electron chi connectivity index (χ3n) is 6.12. The van der Waals surface area contributed by atoms with Crippen LogP contribution in [0.3, 0.4) is 0 Å². The van der Waals surface area contributed by atoms with Crippen LogP contribution in [0.4, 0.5) is 45.2 Å². The number of amidine groups is 1. The van der Waals surface area contributed by atoms with E-state index in [1.54, 1.807) is 0 Å². The largest absolute Gasteiger partial charge is 0.451 e. The number of hydrogen-bond donors (Lipinski definition) is 1. The molecule has 1 fully saturated rings. The summed E-state index contributed by atoms with van der Waals surface area (Å²) in [4.78, 5) is 18.4. The summed E-state index contributed by atoms with van der Waals surface area (Å²) in [7, 11) is 0. The van der Waals surface area contributed by atoms with Crippen LogP contribution >= 0.6 is 23.2 Å². The second-order valence-electron chi connectivity index (χ2n) is 8.69. The summed E-state index contributed by atoms with van der Waals surface area (Å²) in [5.74, 6) is -4.45. The van der Waals surface area contributed by atoms with Crippen LogP contribution in [-0.2, 0) is 15.7 Å². The number of ether oxygens (including phenoxy) is 1. The summed E-state index contributed by atoms with van der Waals surface area (Å²) >= 11 is 12.1. The highest BCUT2D eigenvalue weighted by Gasteiger charge is 2.54. The number of alkyl halides is 9. The summed E-state index contributed by atoms with van der Waals surface area (Å²) in [5.41, 5.74) is 0.877. The lowest BCUT2D eigenvalue weighted by atomic mass is 10.1. The van der Waals surface area contributed by atoms with Crippen LogP contribution < -0.4 is 10.7 Å². The van der Waals surface area contributed by atoms with Crippen LogP contribution in [0, 0.1) is 5.92 Å². The van der Waals surface area contributed by atoms with Gasteiger partial charge in [0.05, 0.1) is 32.8 Å². The van der Waals surface area contributed by atoms with Crippen molar-refractivity contribution in [3.05, 3.63) is 39.1 Å². The van der Waals surface area contributed by atoms with E-state index in [0.29, 0.717) is 47.8 Å². The Kier molecular flexibility index (Phi) is 7.53. The van der Waals surface area contributed by atoms with Gasteiger partial charge in [-0.2, -0.15) is 39.5 Å². The quantitative estimate of drug-likeness (QED) is 0.323. The zero-order valence-corrected chi connectivity index (χ0v) is 20.7. The number of esters is 1. The molecule has 0 saturated heterocycles. The molecule has 2 N–H and O–H groups in total. The molecule has 0 spiro atoms. The first-order valence-electron chi connectivity index (χ1n) is 11.0. The smallest absolute Gasteiger partial charge is 0.447 e. The van der Waals surface area contributed by atoms with Gasteiger partial charge in [-0.1, -0.05) is 36.0 Å². The SMILES string of the molecule is NC1=C2C(C(F)(F)F)=NC(C(F)(F)F)=NC2N(COC(=O)C2CCCC2)N1c1c(Cl)cc(C(F)(F)F)cc1Cl. The van der Waals surface area contributed by atoms with E-state index < -0.39 is 87.6 Å². The minimum absolute atomic E-state index is 0.397. The van der Waals surface area contributed by atoms with E-state index in [1.165, 1.54) is 0 Å². The molecule has 1 saturated carbocycles. The molecule has 2 heterocycles. The number of fused-ring (bicyclic) bond motifs is 1. The number of nitrogens with two attached hydrogens (primary N) is 1. The van der Waals surface area contributed by atoms with Crippen molar-refractivity contribution in [3.63, 3.8) is 0 Å². The van der Waals surface area contributed by atoms with Gasteiger partial charge in [0, 0.05) is 0 Å². The molecule has 0 bridgehead atoms. The van der Waals surface area contributed by atoms with E-state index in [1.807, 2.05) is 0 Å². The number of rotatable bonds is 4. The lowest BCUT2D eigenvalue weighted by Gasteiger charge is -2.34. The molecule has 0 aromatic heterocycles. The van der Waals surface area contributed by atoms with Crippen molar-refractivity contribution in [2.24, 2.45) is 21.6 Å². The van der Waals surface area contributed by atoms with Gasteiger partial charge in [0.1, 0.15) is 5.82 Å². The molecule has 1 aromatic carbocycles. The van der Waals surface area contributed by atoms with Crippen molar-refractivity contribution >= 4 is 46.4 Å². The highest BCUT2D eigenvalue weighted by atomic mass is 35.5. The molecule has 214 valence electrons. The number of hydrogen-bond acceptors (Lipinski definition) is 7. The number of carbonyl (C=O) groups excluding carboxylic acids is 1. The van der Waals surface area contributed by atoms with Gasteiger partial charge in [-0.3, -0.25) is 9.80 Å². The van der Waals surface area contributed by atoms with Gasteiger partial charge in [0.25, 0.3) is 0 Å². The lowest BCUT2D eigenvalue weighted by molar-refractivity contribution is -0.154. The van der Waals surface area contributed by atoms with Crippen molar-refractivity contribution in [1.29, 1.82) is 0 Å².